The van der Waals surface area contributed by atoms with Gasteiger partial charge in [-0.3, -0.25) is 9.59 Å². The molecule has 2 heterocycles. The number of aliphatic hydroxyl groups is 1. The molecule has 1 aliphatic heterocycles. The van der Waals surface area contributed by atoms with Crippen molar-refractivity contribution in [2.24, 2.45) is 5.92 Å². The minimum absolute atomic E-state index is 0.115. The predicted molar refractivity (Wildman–Crippen MR) is 101 cm³/mol. The van der Waals surface area contributed by atoms with Gasteiger partial charge in [0.25, 0.3) is 5.91 Å². The van der Waals surface area contributed by atoms with Crippen LogP contribution in [0.25, 0.3) is 0 Å². The van der Waals surface area contributed by atoms with Crippen molar-refractivity contribution in [1.29, 1.82) is 0 Å². The van der Waals surface area contributed by atoms with E-state index >= 15 is 0 Å². The second-order valence-corrected chi connectivity index (χ2v) is 8.30. The first-order valence-corrected chi connectivity index (χ1v) is 9.87. The van der Waals surface area contributed by atoms with Gasteiger partial charge in [0, 0.05) is 26.4 Å². The highest BCUT2D eigenvalue weighted by Gasteiger charge is 2.48. The Morgan fingerprint density at radius 2 is 1.88 bits per heavy atom. The molecule has 0 saturated heterocycles. The zero-order valence-electron chi connectivity index (χ0n) is 13.6. The van der Waals surface area contributed by atoms with Crippen LogP contribution in [-0.4, -0.2) is 21.7 Å². The topological polar surface area (TPSA) is 57.6 Å². The van der Waals surface area contributed by atoms with Gasteiger partial charge in [0.15, 0.2) is 11.5 Å². The molecule has 1 fully saturated rings. The van der Waals surface area contributed by atoms with Crippen molar-refractivity contribution in [1.82, 2.24) is 4.90 Å². The van der Waals surface area contributed by atoms with Gasteiger partial charge < -0.3 is 10.0 Å². The lowest BCUT2D eigenvalue weighted by Gasteiger charge is -2.27. The fourth-order valence-corrected chi connectivity index (χ4v) is 4.58. The highest BCUT2D eigenvalue weighted by molar-refractivity contribution is 7.09. The van der Waals surface area contributed by atoms with E-state index in [-0.39, 0.29) is 23.8 Å². The Hall–Kier alpha value is -1.82. The molecule has 4 rings (SSSR count). The summed E-state index contributed by atoms with van der Waals surface area (Å²) in [6.45, 7) is 0.272. The zero-order valence-corrected chi connectivity index (χ0v) is 15.9. The molecule has 26 heavy (non-hydrogen) atoms. The number of Topliss-reactive ketones (excluding diaryl/α,β-unsaturated/α-hetero) is 1. The quantitative estimate of drug-likeness (QED) is 0.763. The highest BCUT2D eigenvalue weighted by atomic mass is 35.5. The lowest BCUT2D eigenvalue weighted by molar-refractivity contribution is -0.130. The molecule has 1 N–H and O–H groups in total. The number of hydrogen-bond donors (Lipinski definition) is 1. The molecule has 0 spiro atoms. The number of carbonyl (C=O) groups excluding carboxylic acids is 2. The van der Waals surface area contributed by atoms with E-state index in [9.17, 15) is 14.7 Å². The standard InChI is InChI=1S/C19H15Cl2NO3S/c20-12-4-1-5-13(21)14(12)16-15(17(23)10-6-7-10)18(24)19(25)22(16)9-11-3-2-8-26-11/h1-5,8,10,16,24H,6-7,9H2. The monoisotopic (exact) mass is 407 g/mol. The second kappa shape index (κ2) is 6.72. The van der Waals surface area contributed by atoms with Gasteiger partial charge in [0.1, 0.15) is 0 Å². The zero-order chi connectivity index (χ0) is 18.4. The summed E-state index contributed by atoms with van der Waals surface area (Å²) in [4.78, 5) is 28.0. The summed E-state index contributed by atoms with van der Waals surface area (Å²) in [5.41, 5.74) is 0.595. The Morgan fingerprint density at radius 1 is 1.19 bits per heavy atom. The third-order valence-electron chi connectivity index (χ3n) is 4.70. The van der Waals surface area contributed by atoms with Gasteiger partial charge in [-0.05, 0) is 36.4 Å². The first-order chi connectivity index (χ1) is 12.5. The lowest BCUT2D eigenvalue weighted by atomic mass is 9.94. The molecule has 1 aliphatic carbocycles. The molecule has 1 amide bonds. The van der Waals surface area contributed by atoms with Crippen molar-refractivity contribution >= 4 is 46.2 Å². The summed E-state index contributed by atoms with van der Waals surface area (Å²) < 4.78 is 0. The normalized spacial score (nSPS) is 20.2. The van der Waals surface area contributed by atoms with E-state index in [4.69, 9.17) is 23.2 Å². The third-order valence-corrected chi connectivity index (χ3v) is 6.22. The molecular formula is C19H15Cl2NO3S. The Balaban J connectivity index is 1.84. The van der Waals surface area contributed by atoms with Gasteiger partial charge in [0.05, 0.1) is 18.2 Å². The van der Waals surface area contributed by atoms with E-state index in [1.165, 1.54) is 16.2 Å². The molecule has 2 aromatic rings. The highest BCUT2D eigenvalue weighted by Crippen LogP contribution is 2.47. The van der Waals surface area contributed by atoms with E-state index in [2.05, 4.69) is 0 Å². The minimum Gasteiger partial charge on any atom is -0.503 e. The molecule has 1 unspecified atom stereocenters. The maximum Gasteiger partial charge on any atom is 0.290 e. The van der Waals surface area contributed by atoms with Crippen molar-refractivity contribution in [3.8, 4) is 0 Å². The molecule has 2 aliphatic rings. The maximum absolute atomic E-state index is 12.8. The van der Waals surface area contributed by atoms with Gasteiger partial charge in [-0.25, -0.2) is 0 Å². The van der Waals surface area contributed by atoms with Crippen molar-refractivity contribution < 1.29 is 14.7 Å². The van der Waals surface area contributed by atoms with Crippen LogP contribution in [0.5, 0.6) is 0 Å². The number of benzene rings is 1. The van der Waals surface area contributed by atoms with E-state index < -0.39 is 17.7 Å². The fourth-order valence-electron chi connectivity index (χ4n) is 3.28. The summed E-state index contributed by atoms with van der Waals surface area (Å²) >= 11 is 14.3. The number of carbonyl (C=O) groups is 2. The Bertz CT molecular complexity index is 899. The molecule has 1 atom stereocenters. The second-order valence-electron chi connectivity index (χ2n) is 6.45. The number of hydrogen-bond acceptors (Lipinski definition) is 4. The van der Waals surface area contributed by atoms with Crippen LogP contribution in [0.1, 0.15) is 29.3 Å². The molecular weight excluding hydrogens is 393 g/mol. The molecule has 1 aromatic carbocycles. The number of ketones is 1. The average molecular weight is 408 g/mol. The Labute approximate surface area is 164 Å². The van der Waals surface area contributed by atoms with Crippen LogP contribution < -0.4 is 0 Å². The summed E-state index contributed by atoms with van der Waals surface area (Å²) in [6, 6.07) is 8.07. The molecule has 7 heteroatoms. The molecule has 0 radical (unpaired) electrons. The first kappa shape index (κ1) is 17.6. The third kappa shape index (κ3) is 2.94. The number of halogens is 2. The van der Waals surface area contributed by atoms with Gasteiger partial charge in [-0.15, -0.1) is 11.3 Å². The maximum atomic E-state index is 12.8. The van der Waals surface area contributed by atoms with Crippen LogP contribution in [0, 0.1) is 5.92 Å². The Morgan fingerprint density at radius 3 is 2.46 bits per heavy atom. The van der Waals surface area contributed by atoms with E-state index in [0.29, 0.717) is 15.6 Å². The van der Waals surface area contributed by atoms with Gasteiger partial charge in [-0.2, -0.15) is 0 Å². The number of amides is 1. The summed E-state index contributed by atoms with van der Waals surface area (Å²) in [5.74, 6) is -1.38. The molecule has 1 aromatic heterocycles. The van der Waals surface area contributed by atoms with Crippen molar-refractivity contribution in [2.45, 2.75) is 25.4 Å². The van der Waals surface area contributed by atoms with Gasteiger partial charge >= 0.3 is 0 Å². The summed E-state index contributed by atoms with van der Waals surface area (Å²) in [5, 5.41) is 13.1. The summed E-state index contributed by atoms with van der Waals surface area (Å²) in [6.07, 6.45) is 1.55. The van der Waals surface area contributed by atoms with Crippen molar-refractivity contribution in [2.75, 3.05) is 0 Å². The summed E-state index contributed by atoms with van der Waals surface area (Å²) in [7, 11) is 0. The largest absolute Gasteiger partial charge is 0.503 e. The minimum atomic E-state index is -0.779. The molecule has 1 saturated carbocycles. The van der Waals surface area contributed by atoms with Crippen LogP contribution in [-0.2, 0) is 16.1 Å². The average Bonchev–Trinajstić information content (AvgIpc) is 3.29. The smallest absolute Gasteiger partial charge is 0.290 e. The Kier molecular flexibility index (Phi) is 4.55. The van der Waals surface area contributed by atoms with E-state index in [0.717, 1.165) is 17.7 Å². The number of thiophene rings is 1. The van der Waals surface area contributed by atoms with Crippen LogP contribution in [0.4, 0.5) is 0 Å². The number of rotatable bonds is 5. The van der Waals surface area contributed by atoms with E-state index in [1.54, 1.807) is 18.2 Å². The predicted octanol–water partition coefficient (Wildman–Crippen LogP) is 4.93. The van der Waals surface area contributed by atoms with Crippen molar-refractivity contribution in [3.63, 3.8) is 0 Å². The lowest BCUT2D eigenvalue weighted by Crippen LogP contribution is -2.31. The van der Waals surface area contributed by atoms with Gasteiger partial charge in [0.2, 0.25) is 0 Å². The molecule has 134 valence electrons. The van der Waals surface area contributed by atoms with Crippen LogP contribution in [0.2, 0.25) is 10.0 Å². The van der Waals surface area contributed by atoms with Crippen LogP contribution >= 0.6 is 34.5 Å². The van der Waals surface area contributed by atoms with E-state index in [1.807, 2.05) is 17.5 Å². The number of nitrogens with zero attached hydrogens (tertiary/aromatic N) is 1. The molecule has 0 bridgehead atoms. The number of aliphatic hydroxyl groups excluding tert-OH is 1. The first-order valence-electron chi connectivity index (χ1n) is 8.23. The van der Waals surface area contributed by atoms with Crippen molar-refractivity contribution in [3.05, 3.63) is 67.5 Å². The SMILES string of the molecule is O=C(C1=C(O)C(=O)N(Cc2cccs2)C1c1c(Cl)cccc1Cl)C1CC1. The van der Waals surface area contributed by atoms with Gasteiger partial charge in [-0.1, -0.05) is 35.3 Å². The molecule has 4 nitrogen and oxygen atoms in total. The van der Waals surface area contributed by atoms with Crippen LogP contribution in [0.15, 0.2) is 47.0 Å². The van der Waals surface area contributed by atoms with Crippen LogP contribution in [0.3, 0.4) is 0 Å². The fraction of sp³-hybridized carbons (Fsp3) is 0.263.